The van der Waals surface area contributed by atoms with Crippen molar-refractivity contribution in [3.63, 3.8) is 0 Å². The second-order valence-electron chi connectivity index (χ2n) is 8.69. The molecule has 1 aliphatic rings. The van der Waals surface area contributed by atoms with Crippen LogP contribution < -0.4 is 15.0 Å². The van der Waals surface area contributed by atoms with Crippen LogP contribution in [-0.2, 0) is 9.53 Å². The largest absolute Gasteiger partial charge is 0.490 e. The molecular weight excluding hydrogens is 655 g/mol. The quantitative estimate of drug-likeness (QED) is 0.258. The lowest BCUT2D eigenvalue weighted by molar-refractivity contribution is -0.137. The van der Waals surface area contributed by atoms with Gasteiger partial charge in [0.2, 0.25) is 0 Å². The Kier molecular flexibility index (Phi) is 9.19. The summed E-state index contributed by atoms with van der Waals surface area (Å²) in [4.78, 5) is 32.3. The van der Waals surface area contributed by atoms with E-state index in [1.54, 1.807) is 23.2 Å². The van der Waals surface area contributed by atoms with Crippen molar-refractivity contribution in [2.45, 2.75) is 26.7 Å². The number of fused-ring (bicyclic) bond motifs is 1. The monoisotopic (exact) mass is 682 g/mol. The third kappa shape index (κ3) is 6.50. The molecule has 0 N–H and O–H groups in total. The zero-order chi connectivity index (χ0) is 26.5. The van der Waals surface area contributed by atoms with Crippen LogP contribution in [0.3, 0.4) is 0 Å². The first-order valence-corrected chi connectivity index (χ1v) is 13.9. The minimum absolute atomic E-state index is 0.0169. The van der Waals surface area contributed by atoms with Crippen LogP contribution in [0.25, 0.3) is 10.9 Å². The summed E-state index contributed by atoms with van der Waals surface area (Å²) in [7, 11) is 0. The molecule has 0 atom stereocenters. The summed E-state index contributed by atoms with van der Waals surface area (Å²) in [6.07, 6.45) is 1.60. The second kappa shape index (κ2) is 12.4. The zero-order valence-corrected chi connectivity index (χ0v) is 24.6. The number of amides is 1. The molecule has 0 aliphatic carbocycles. The molecule has 9 nitrogen and oxygen atoms in total. The number of hydrogen-bond donors (Lipinski definition) is 0. The van der Waals surface area contributed by atoms with E-state index in [9.17, 15) is 9.59 Å². The fourth-order valence-electron chi connectivity index (χ4n) is 3.88. The first kappa shape index (κ1) is 27.5. The van der Waals surface area contributed by atoms with Gasteiger partial charge in [0.1, 0.15) is 5.82 Å². The SMILES string of the molecule is CCOc1cc(C=Nn2c(C(C)C)nc3ccc(Br)cc3c2=O)cc(I)c1OCC(=O)N1CCOCC1. The third-order valence-corrected chi connectivity index (χ3v) is 7.00. The average Bonchev–Trinajstić information content (AvgIpc) is 2.88. The predicted molar refractivity (Wildman–Crippen MR) is 154 cm³/mol. The summed E-state index contributed by atoms with van der Waals surface area (Å²) < 4.78 is 19.9. The van der Waals surface area contributed by atoms with Crippen molar-refractivity contribution >= 4 is 61.5 Å². The van der Waals surface area contributed by atoms with E-state index < -0.39 is 0 Å². The fourth-order valence-corrected chi connectivity index (χ4v) is 5.02. The minimum atomic E-state index is -0.243. The lowest BCUT2D eigenvalue weighted by Crippen LogP contribution is -2.43. The number of ether oxygens (including phenoxy) is 3. The predicted octanol–water partition coefficient (Wildman–Crippen LogP) is 4.41. The van der Waals surface area contributed by atoms with Gasteiger partial charge in [-0.15, -0.1) is 0 Å². The molecule has 1 saturated heterocycles. The van der Waals surface area contributed by atoms with E-state index in [-0.39, 0.29) is 24.0 Å². The molecule has 37 heavy (non-hydrogen) atoms. The molecule has 1 aliphatic heterocycles. The molecular formula is C26H28BrIN4O5. The van der Waals surface area contributed by atoms with Crippen LogP contribution in [0.2, 0.25) is 0 Å². The number of nitrogens with zero attached hydrogens (tertiary/aromatic N) is 4. The van der Waals surface area contributed by atoms with Crippen LogP contribution in [0.15, 0.2) is 44.7 Å². The Bertz CT molecular complexity index is 1390. The smallest absolute Gasteiger partial charge is 0.282 e. The van der Waals surface area contributed by atoms with Crippen LogP contribution in [0, 0.1) is 3.57 Å². The number of hydrogen-bond acceptors (Lipinski definition) is 7. The van der Waals surface area contributed by atoms with E-state index in [1.165, 1.54) is 4.68 Å². The molecule has 1 fully saturated rings. The summed E-state index contributed by atoms with van der Waals surface area (Å²) in [5, 5.41) is 4.99. The highest BCUT2D eigenvalue weighted by Gasteiger charge is 2.20. The van der Waals surface area contributed by atoms with Gasteiger partial charge in [0, 0.05) is 23.5 Å². The molecule has 0 unspecified atom stereocenters. The van der Waals surface area contributed by atoms with Crippen LogP contribution in [0.5, 0.6) is 11.5 Å². The van der Waals surface area contributed by atoms with Crippen molar-refractivity contribution in [3.8, 4) is 11.5 Å². The highest BCUT2D eigenvalue weighted by molar-refractivity contribution is 14.1. The molecule has 0 bridgehead atoms. The summed E-state index contributed by atoms with van der Waals surface area (Å²) >= 11 is 5.57. The highest BCUT2D eigenvalue weighted by Crippen LogP contribution is 2.34. The van der Waals surface area contributed by atoms with Crippen molar-refractivity contribution in [3.05, 3.63) is 60.1 Å². The molecule has 0 spiro atoms. The van der Waals surface area contributed by atoms with Crippen LogP contribution in [0.1, 0.15) is 38.1 Å². The normalized spacial score (nSPS) is 14.1. The Morgan fingerprint density at radius 3 is 2.70 bits per heavy atom. The molecule has 196 valence electrons. The van der Waals surface area contributed by atoms with Gasteiger partial charge in [0.25, 0.3) is 11.5 Å². The number of halogens is 2. The van der Waals surface area contributed by atoms with E-state index in [2.05, 4.69) is 48.6 Å². The third-order valence-electron chi connectivity index (χ3n) is 5.71. The van der Waals surface area contributed by atoms with Crippen LogP contribution in [0.4, 0.5) is 0 Å². The Morgan fingerprint density at radius 1 is 1.24 bits per heavy atom. The van der Waals surface area contributed by atoms with Gasteiger partial charge < -0.3 is 19.1 Å². The molecule has 2 heterocycles. The van der Waals surface area contributed by atoms with Gasteiger partial charge >= 0.3 is 0 Å². The van der Waals surface area contributed by atoms with Gasteiger partial charge in [0.05, 0.1) is 40.5 Å². The summed E-state index contributed by atoms with van der Waals surface area (Å²) in [5.41, 5.74) is 1.10. The average molecular weight is 683 g/mol. The Balaban J connectivity index is 1.64. The van der Waals surface area contributed by atoms with Gasteiger partial charge in [0.15, 0.2) is 18.1 Å². The van der Waals surface area contributed by atoms with E-state index in [0.717, 1.165) is 13.6 Å². The number of morpholine rings is 1. The maximum absolute atomic E-state index is 13.3. The highest BCUT2D eigenvalue weighted by atomic mass is 127. The Labute approximate surface area is 237 Å². The Morgan fingerprint density at radius 2 is 2.00 bits per heavy atom. The van der Waals surface area contributed by atoms with Crippen molar-refractivity contribution in [2.24, 2.45) is 5.10 Å². The molecule has 1 amide bonds. The van der Waals surface area contributed by atoms with E-state index in [0.29, 0.717) is 61.1 Å². The topological polar surface area (TPSA) is 95.2 Å². The summed E-state index contributed by atoms with van der Waals surface area (Å²) in [6.45, 7) is 8.35. The van der Waals surface area contributed by atoms with Crippen molar-refractivity contribution in [1.82, 2.24) is 14.6 Å². The van der Waals surface area contributed by atoms with Crippen LogP contribution >= 0.6 is 38.5 Å². The zero-order valence-electron chi connectivity index (χ0n) is 20.9. The van der Waals surface area contributed by atoms with Gasteiger partial charge in [-0.3, -0.25) is 9.59 Å². The molecule has 2 aromatic carbocycles. The lowest BCUT2D eigenvalue weighted by atomic mass is 10.2. The van der Waals surface area contributed by atoms with Crippen molar-refractivity contribution < 1.29 is 19.0 Å². The van der Waals surface area contributed by atoms with E-state index >= 15 is 0 Å². The number of carbonyl (C=O) groups is 1. The molecule has 11 heteroatoms. The van der Waals surface area contributed by atoms with E-state index in [4.69, 9.17) is 14.2 Å². The fraction of sp³-hybridized carbons (Fsp3) is 0.385. The second-order valence-corrected chi connectivity index (χ2v) is 10.8. The Hall–Kier alpha value is -2.51. The van der Waals surface area contributed by atoms with Gasteiger partial charge in [-0.1, -0.05) is 29.8 Å². The van der Waals surface area contributed by atoms with Gasteiger partial charge in [-0.05, 0) is 65.4 Å². The number of rotatable bonds is 8. The molecule has 0 radical (unpaired) electrons. The minimum Gasteiger partial charge on any atom is -0.490 e. The van der Waals surface area contributed by atoms with Gasteiger partial charge in [-0.2, -0.15) is 9.78 Å². The first-order valence-electron chi connectivity index (χ1n) is 12.0. The summed E-state index contributed by atoms with van der Waals surface area (Å²) in [6, 6.07) is 9.09. The van der Waals surface area contributed by atoms with Crippen molar-refractivity contribution in [1.29, 1.82) is 0 Å². The van der Waals surface area contributed by atoms with Crippen LogP contribution in [-0.4, -0.2) is 66.2 Å². The molecule has 0 saturated carbocycles. The lowest BCUT2D eigenvalue weighted by Gasteiger charge is -2.27. The summed E-state index contributed by atoms with van der Waals surface area (Å²) in [5.74, 6) is 1.46. The van der Waals surface area contributed by atoms with Crippen molar-refractivity contribution in [2.75, 3.05) is 39.5 Å². The molecule has 3 aromatic rings. The number of aromatic nitrogens is 2. The molecule has 1 aromatic heterocycles. The van der Waals surface area contributed by atoms with Gasteiger partial charge in [-0.25, -0.2) is 4.98 Å². The number of carbonyl (C=O) groups excluding carboxylic acids is 1. The maximum atomic E-state index is 13.3. The molecule has 4 rings (SSSR count). The first-order chi connectivity index (χ1) is 17.8. The van der Waals surface area contributed by atoms with E-state index in [1.807, 2.05) is 39.0 Å². The maximum Gasteiger partial charge on any atom is 0.282 e. The number of benzene rings is 2. The standard InChI is InChI=1S/C26H28BrIN4O5/c1-4-36-22-12-17(11-20(28)24(22)37-15-23(33)31-7-9-35-10-8-31)14-29-32-25(16(2)3)30-21-6-5-18(27)13-19(21)26(32)34/h5-6,11-14,16H,4,7-10,15H2,1-3H3.